The number of hydrazine groups is 1. The van der Waals surface area contributed by atoms with Crippen LogP contribution in [0, 0.1) is 5.92 Å². The first kappa shape index (κ1) is 11.8. The Balaban J connectivity index is 1.92. The lowest BCUT2D eigenvalue weighted by molar-refractivity contribution is -0.213. The fourth-order valence-electron chi connectivity index (χ4n) is 2.78. The third kappa shape index (κ3) is 2.36. The van der Waals surface area contributed by atoms with Crippen LogP contribution in [0.4, 0.5) is 0 Å². The van der Waals surface area contributed by atoms with E-state index in [9.17, 15) is 4.79 Å². The van der Waals surface area contributed by atoms with Gasteiger partial charge in [0.05, 0.1) is 13.2 Å². The number of hydrogen-bond donors (Lipinski definition) is 2. The number of carbonyl (C=O) groups excluding carboxylic acids is 1. The molecule has 1 aliphatic heterocycles. The van der Waals surface area contributed by atoms with E-state index >= 15 is 0 Å². The van der Waals surface area contributed by atoms with E-state index in [1.807, 2.05) is 0 Å². The number of hydrogen-bond acceptors (Lipinski definition) is 4. The van der Waals surface area contributed by atoms with Gasteiger partial charge in [0.2, 0.25) is 5.91 Å². The van der Waals surface area contributed by atoms with E-state index in [0.29, 0.717) is 25.6 Å². The summed E-state index contributed by atoms with van der Waals surface area (Å²) in [6.07, 6.45) is 5.64. The summed E-state index contributed by atoms with van der Waals surface area (Å²) in [7, 11) is 0. The topological polar surface area (TPSA) is 73.6 Å². The molecule has 1 spiro atoms. The van der Waals surface area contributed by atoms with E-state index in [-0.39, 0.29) is 5.91 Å². The van der Waals surface area contributed by atoms with Crippen molar-refractivity contribution >= 4 is 5.91 Å². The Bertz CT molecular complexity index is 252. The van der Waals surface area contributed by atoms with Crippen LogP contribution in [0.2, 0.25) is 0 Å². The molecule has 1 saturated heterocycles. The van der Waals surface area contributed by atoms with Crippen LogP contribution in [0.3, 0.4) is 0 Å². The van der Waals surface area contributed by atoms with Crippen molar-refractivity contribution < 1.29 is 14.3 Å². The standard InChI is InChI=1S/C11H20N2O3/c12-13-10(14)5-4-9-3-1-2-6-11(9)15-7-8-16-11/h9H,1-8,12H2,(H,13,14)/t9-/m1/s1. The molecule has 1 amide bonds. The summed E-state index contributed by atoms with van der Waals surface area (Å²) in [6.45, 7) is 1.36. The number of carbonyl (C=O) groups is 1. The molecular formula is C11H20N2O3. The van der Waals surface area contributed by atoms with Gasteiger partial charge in [-0.1, -0.05) is 6.42 Å². The first-order valence-corrected chi connectivity index (χ1v) is 6.04. The molecule has 1 atom stereocenters. The van der Waals surface area contributed by atoms with E-state index in [2.05, 4.69) is 5.43 Å². The van der Waals surface area contributed by atoms with Crippen molar-refractivity contribution in [3.8, 4) is 0 Å². The van der Waals surface area contributed by atoms with Gasteiger partial charge in [0.1, 0.15) is 0 Å². The molecule has 1 aliphatic carbocycles. The van der Waals surface area contributed by atoms with Gasteiger partial charge < -0.3 is 9.47 Å². The van der Waals surface area contributed by atoms with Gasteiger partial charge in [0, 0.05) is 18.8 Å². The number of amides is 1. The highest BCUT2D eigenvalue weighted by Gasteiger charge is 2.45. The van der Waals surface area contributed by atoms with E-state index in [1.54, 1.807) is 0 Å². The van der Waals surface area contributed by atoms with Crippen molar-refractivity contribution in [3.05, 3.63) is 0 Å². The second-order valence-electron chi connectivity index (χ2n) is 4.56. The molecule has 0 radical (unpaired) electrons. The van der Waals surface area contributed by atoms with Crippen LogP contribution in [-0.2, 0) is 14.3 Å². The highest BCUT2D eigenvalue weighted by molar-refractivity contribution is 5.75. The fourth-order valence-corrected chi connectivity index (χ4v) is 2.78. The van der Waals surface area contributed by atoms with Crippen LogP contribution < -0.4 is 11.3 Å². The van der Waals surface area contributed by atoms with Gasteiger partial charge in [-0.2, -0.15) is 0 Å². The zero-order chi connectivity index (χ0) is 11.4. The quantitative estimate of drug-likeness (QED) is 0.423. The van der Waals surface area contributed by atoms with Crippen LogP contribution in [-0.4, -0.2) is 24.9 Å². The third-order valence-corrected chi connectivity index (χ3v) is 3.61. The van der Waals surface area contributed by atoms with Crippen LogP contribution in [0.25, 0.3) is 0 Å². The Morgan fingerprint density at radius 2 is 2.12 bits per heavy atom. The molecule has 1 saturated carbocycles. The molecule has 0 aromatic carbocycles. The van der Waals surface area contributed by atoms with Gasteiger partial charge in [-0.3, -0.25) is 10.2 Å². The van der Waals surface area contributed by atoms with Gasteiger partial charge in [-0.25, -0.2) is 5.84 Å². The monoisotopic (exact) mass is 228 g/mol. The molecule has 5 heteroatoms. The van der Waals surface area contributed by atoms with Crippen molar-refractivity contribution in [1.29, 1.82) is 0 Å². The highest BCUT2D eigenvalue weighted by Crippen LogP contribution is 2.42. The van der Waals surface area contributed by atoms with Crippen LogP contribution in [0.5, 0.6) is 0 Å². The third-order valence-electron chi connectivity index (χ3n) is 3.61. The van der Waals surface area contributed by atoms with E-state index in [0.717, 1.165) is 25.7 Å². The second kappa shape index (κ2) is 5.12. The number of rotatable bonds is 3. The summed E-state index contributed by atoms with van der Waals surface area (Å²) in [5, 5.41) is 0. The Morgan fingerprint density at radius 1 is 1.38 bits per heavy atom. The SMILES string of the molecule is NNC(=O)CC[C@H]1CCCCC12OCCO2. The zero-order valence-corrected chi connectivity index (χ0v) is 9.54. The predicted octanol–water partition coefficient (Wildman–Crippen LogP) is 0.690. The summed E-state index contributed by atoms with van der Waals surface area (Å²) in [5.74, 6) is 4.90. The number of ether oxygens (including phenoxy) is 2. The van der Waals surface area contributed by atoms with Crippen LogP contribution in [0.1, 0.15) is 38.5 Å². The first-order chi connectivity index (χ1) is 7.77. The van der Waals surface area contributed by atoms with Gasteiger partial charge in [0.15, 0.2) is 5.79 Å². The maximum atomic E-state index is 11.1. The average molecular weight is 228 g/mol. The Morgan fingerprint density at radius 3 is 2.81 bits per heavy atom. The van der Waals surface area contributed by atoms with E-state index < -0.39 is 5.79 Å². The van der Waals surface area contributed by atoms with Gasteiger partial charge >= 0.3 is 0 Å². The Kier molecular flexibility index (Phi) is 3.78. The lowest BCUT2D eigenvalue weighted by Crippen LogP contribution is -2.42. The molecule has 3 N–H and O–H groups in total. The molecule has 5 nitrogen and oxygen atoms in total. The van der Waals surface area contributed by atoms with Crippen molar-refractivity contribution in [2.75, 3.05) is 13.2 Å². The molecule has 2 fully saturated rings. The van der Waals surface area contributed by atoms with Crippen LogP contribution in [0.15, 0.2) is 0 Å². The smallest absolute Gasteiger partial charge is 0.233 e. The summed E-state index contributed by atoms with van der Waals surface area (Å²) in [6, 6.07) is 0. The molecule has 0 unspecified atom stereocenters. The Labute approximate surface area is 95.6 Å². The summed E-state index contributed by atoms with van der Waals surface area (Å²) in [4.78, 5) is 11.1. The summed E-state index contributed by atoms with van der Waals surface area (Å²) in [5.41, 5.74) is 2.16. The lowest BCUT2D eigenvalue weighted by Gasteiger charge is -2.39. The minimum atomic E-state index is -0.396. The minimum absolute atomic E-state index is 0.112. The molecule has 0 aromatic heterocycles. The summed E-state index contributed by atoms with van der Waals surface area (Å²) < 4.78 is 11.5. The summed E-state index contributed by atoms with van der Waals surface area (Å²) >= 11 is 0. The normalized spacial score (nSPS) is 28.2. The molecule has 2 rings (SSSR count). The van der Waals surface area contributed by atoms with E-state index in [1.165, 1.54) is 6.42 Å². The van der Waals surface area contributed by atoms with Crippen molar-refractivity contribution in [1.82, 2.24) is 5.43 Å². The van der Waals surface area contributed by atoms with Crippen molar-refractivity contribution in [2.45, 2.75) is 44.3 Å². The molecule has 0 bridgehead atoms. The largest absolute Gasteiger partial charge is 0.347 e. The van der Waals surface area contributed by atoms with Crippen LogP contribution >= 0.6 is 0 Å². The van der Waals surface area contributed by atoms with E-state index in [4.69, 9.17) is 15.3 Å². The molecule has 1 heterocycles. The molecule has 2 aliphatic rings. The molecule has 92 valence electrons. The van der Waals surface area contributed by atoms with Crippen molar-refractivity contribution in [3.63, 3.8) is 0 Å². The lowest BCUT2D eigenvalue weighted by atomic mass is 9.80. The zero-order valence-electron chi connectivity index (χ0n) is 9.54. The fraction of sp³-hybridized carbons (Fsp3) is 0.909. The molecule has 16 heavy (non-hydrogen) atoms. The number of nitrogens with two attached hydrogens (primary N) is 1. The minimum Gasteiger partial charge on any atom is -0.347 e. The van der Waals surface area contributed by atoms with Gasteiger partial charge in [0.25, 0.3) is 0 Å². The maximum Gasteiger partial charge on any atom is 0.233 e. The maximum absolute atomic E-state index is 11.1. The number of nitrogens with one attached hydrogen (secondary N) is 1. The predicted molar refractivity (Wildman–Crippen MR) is 58.2 cm³/mol. The Hall–Kier alpha value is -0.650. The highest BCUT2D eigenvalue weighted by atomic mass is 16.7. The average Bonchev–Trinajstić information content (AvgIpc) is 2.77. The van der Waals surface area contributed by atoms with Crippen molar-refractivity contribution in [2.24, 2.45) is 11.8 Å². The second-order valence-corrected chi connectivity index (χ2v) is 4.56. The molecular weight excluding hydrogens is 208 g/mol. The van der Waals surface area contributed by atoms with Gasteiger partial charge in [-0.05, 0) is 19.3 Å². The van der Waals surface area contributed by atoms with Gasteiger partial charge in [-0.15, -0.1) is 0 Å². The molecule has 0 aromatic rings. The first-order valence-electron chi connectivity index (χ1n) is 6.04.